The van der Waals surface area contributed by atoms with Gasteiger partial charge in [-0.1, -0.05) is 13.3 Å². The van der Waals surface area contributed by atoms with Gasteiger partial charge in [-0.15, -0.1) is 0 Å². The fraction of sp³-hybridized carbons (Fsp3) is 0.875. The van der Waals surface area contributed by atoms with Gasteiger partial charge < -0.3 is 9.80 Å². The van der Waals surface area contributed by atoms with Gasteiger partial charge >= 0.3 is 0 Å². The average molecular weight is 359 g/mol. The lowest BCUT2D eigenvalue weighted by Gasteiger charge is -2.47. The van der Waals surface area contributed by atoms with Crippen molar-refractivity contribution in [2.45, 2.75) is 51.5 Å². The van der Waals surface area contributed by atoms with Gasteiger partial charge in [-0.3, -0.25) is 9.59 Å². The zero-order valence-corrected chi connectivity index (χ0v) is 15.5. The number of hydrogen-bond donors (Lipinski definition) is 1. The Morgan fingerprint density at radius 1 is 1.33 bits per heavy atom. The molecule has 2 unspecified atom stereocenters. The molecule has 0 aromatic carbocycles. The number of hydrogen-bond acceptors (Lipinski definition) is 4. The first kappa shape index (κ1) is 19.2. The van der Waals surface area contributed by atoms with Gasteiger partial charge in [0.1, 0.15) is 0 Å². The van der Waals surface area contributed by atoms with Crippen molar-refractivity contribution in [1.29, 1.82) is 0 Å². The summed E-state index contributed by atoms with van der Waals surface area (Å²) in [5.41, 5.74) is 0. The minimum absolute atomic E-state index is 0.0124. The molecule has 0 saturated carbocycles. The van der Waals surface area contributed by atoms with Crippen molar-refractivity contribution in [2.75, 3.05) is 32.4 Å². The van der Waals surface area contributed by atoms with Crippen LogP contribution in [0.2, 0.25) is 0 Å². The number of nitrogens with one attached hydrogen (secondary N) is 1. The molecule has 2 aliphatic rings. The summed E-state index contributed by atoms with van der Waals surface area (Å²) in [6, 6.07) is 0.260. The summed E-state index contributed by atoms with van der Waals surface area (Å²) >= 11 is 0. The average Bonchev–Trinajstić information content (AvgIpc) is 2.52. The van der Waals surface area contributed by atoms with Crippen molar-refractivity contribution in [3.63, 3.8) is 0 Å². The zero-order chi connectivity index (χ0) is 17.7. The Bertz CT molecular complexity index is 564. The summed E-state index contributed by atoms with van der Waals surface area (Å²) in [6.45, 7) is 4.41. The highest BCUT2D eigenvalue weighted by Gasteiger charge is 2.39. The lowest BCUT2D eigenvalue weighted by molar-refractivity contribution is -0.144. The molecular formula is C16H29N3O4S. The molecule has 2 heterocycles. The third kappa shape index (κ3) is 5.17. The van der Waals surface area contributed by atoms with E-state index >= 15 is 0 Å². The molecule has 2 atom stereocenters. The number of nitrogens with zero attached hydrogens (tertiary/aromatic N) is 2. The summed E-state index contributed by atoms with van der Waals surface area (Å²) in [7, 11) is -3.26. The minimum Gasteiger partial charge on any atom is -0.342 e. The van der Waals surface area contributed by atoms with Gasteiger partial charge in [0.05, 0.1) is 6.26 Å². The van der Waals surface area contributed by atoms with Crippen LogP contribution in [0.4, 0.5) is 0 Å². The lowest BCUT2D eigenvalue weighted by atomic mass is 9.83. The summed E-state index contributed by atoms with van der Waals surface area (Å²) in [6.07, 6.45) is 5.61. The van der Waals surface area contributed by atoms with Gasteiger partial charge in [0.15, 0.2) is 0 Å². The largest absolute Gasteiger partial charge is 0.342 e. The van der Waals surface area contributed by atoms with Crippen LogP contribution in [0, 0.1) is 5.92 Å². The number of unbranched alkanes of at least 4 members (excludes halogenated alkanes) is 1. The molecule has 2 saturated heterocycles. The fourth-order valence-electron chi connectivity index (χ4n) is 3.70. The predicted molar refractivity (Wildman–Crippen MR) is 91.8 cm³/mol. The van der Waals surface area contributed by atoms with Crippen LogP contribution in [0.25, 0.3) is 0 Å². The molecule has 0 spiro atoms. The van der Waals surface area contributed by atoms with Crippen LogP contribution in [0.15, 0.2) is 0 Å². The minimum atomic E-state index is -3.26. The van der Waals surface area contributed by atoms with E-state index in [9.17, 15) is 18.0 Å². The number of fused-ring (bicyclic) bond motifs is 1. The quantitative estimate of drug-likeness (QED) is 0.720. The van der Waals surface area contributed by atoms with Crippen molar-refractivity contribution in [1.82, 2.24) is 14.5 Å². The second-order valence-electron chi connectivity index (χ2n) is 6.85. The van der Waals surface area contributed by atoms with Gasteiger partial charge in [0.2, 0.25) is 21.8 Å². The molecule has 7 nitrogen and oxygen atoms in total. The maximum atomic E-state index is 12.3. The van der Waals surface area contributed by atoms with E-state index < -0.39 is 10.0 Å². The van der Waals surface area contributed by atoms with Crippen LogP contribution in [0.5, 0.6) is 0 Å². The smallest absolute Gasteiger partial charge is 0.223 e. The van der Waals surface area contributed by atoms with Crippen molar-refractivity contribution >= 4 is 21.8 Å². The monoisotopic (exact) mass is 359 g/mol. The Morgan fingerprint density at radius 3 is 2.75 bits per heavy atom. The highest BCUT2D eigenvalue weighted by atomic mass is 32.2. The highest BCUT2D eigenvalue weighted by Crippen LogP contribution is 2.31. The Hall–Kier alpha value is -1.15. The summed E-state index contributed by atoms with van der Waals surface area (Å²) < 4.78 is 24.5. The van der Waals surface area contributed by atoms with Crippen LogP contribution >= 0.6 is 0 Å². The number of likely N-dealkylation sites (tertiary alicyclic amines) is 2. The van der Waals surface area contributed by atoms with E-state index in [-0.39, 0.29) is 30.8 Å². The number of carbonyl (C=O) groups is 2. The first-order valence-electron chi connectivity index (χ1n) is 8.83. The third-order valence-corrected chi connectivity index (χ3v) is 5.68. The molecule has 2 rings (SSSR count). The van der Waals surface area contributed by atoms with E-state index in [1.54, 1.807) is 0 Å². The molecule has 0 bridgehead atoms. The van der Waals surface area contributed by atoms with Gasteiger partial charge in [0.25, 0.3) is 0 Å². The van der Waals surface area contributed by atoms with E-state index in [1.165, 1.54) is 0 Å². The van der Waals surface area contributed by atoms with E-state index in [4.69, 9.17) is 0 Å². The van der Waals surface area contributed by atoms with Gasteiger partial charge in [-0.05, 0) is 25.2 Å². The van der Waals surface area contributed by atoms with Crippen LogP contribution < -0.4 is 4.72 Å². The molecule has 24 heavy (non-hydrogen) atoms. The van der Waals surface area contributed by atoms with Crippen LogP contribution in [0.3, 0.4) is 0 Å². The molecule has 0 aromatic heterocycles. The number of carbonyl (C=O) groups excluding carboxylic acids is 2. The molecule has 2 aliphatic heterocycles. The number of piperidine rings is 2. The van der Waals surface area contributed by atoms with Gasteiger partial charge in [-0.2, -0.15) is 0 Å². The molecule has 8 heteroatoms. The Balaban J connectivity index is 1.87. The predicted octanol–water partition coefficient (Wildman–Crippen LogP) is 0.565. The maximum Gasteiger partial charge on any atom is 0.223 e. The molecule has 2 fully saturated rings. The summed E-state index contributed by atoms with van der Waals surface area (Å²) in [5.74, 6) is 0.587. The zero-order valence-electron chi connectivity index (χ0n) is 14.7. The van der Waals surface area contributed by atoms with Gasteiger partial charge in [-0.25, -0.2) is 13.1 Å². The van der Waals surface area contributed by atoms with E-state index in [0.29, 0.717) is 25.4 Å². The second-order valence-corrected chi connectivity index (χ2v) is 8.68. The van der Waals surface area contributed by atoms with Crippen LogP contribution in [0.1, 0.15) is 45.4 Å². The van der Waals surface area contributed by atoms with Crippen LogP contribution in [-0.2, 0) is 19.6 Å². The fourth-order valence-corrected chi connectivity index (χ4v) is 4.17. The molecule has 2 amide bonds. The number of sulfonamides is 1. The first-order chi connectivity index (χ1) is 11.3. The van der Waals surface area contributed by atoms with Crippen molar-refractivity contribution in [3.8, 4) is 0 Å². The van der Waals surface area contributed by atoms with Crippen LogP contribution in [-0.4, -0.2) is 68.5 Å². The van der Waals surface area contributed by atoms with E-state index in [2.05, 4.69) is 11.6 Å². The first-order valence-corrected chi connectivity index (χ1v) is 10.7. The van der Waals surface area contributed by atoms with Gasteiger partial charge in [0, 0.05) is 45.1 Å². The molecule has 0 radical (unpaired) electrons. The molecule has 138 valence electrons. The molecule has 1 N–H and O–H groups in total. The second kappa shape index (κ2) is 8.29. The number of amides is 2. The maximum absolute atomic E-state index is 12.3. The summed E-state index contributed by atoms with van der Waals surface area (Å²) in [4.78, 5) is 28.3. The standard InChI is InChI=1S/C16H29N3O4S/c1-3-4-10-19-14-8-11-18(12-13(14)5-6-16(19)21)15(20)7-9-17-24(2,22)23/h13-14,17H,3-12H2,1-2H3. The Morgan fingerprint density at radius 2 is 2.08 bits per heavy atom. The van der Waals surface area contributed by atoms with Crippen molar-refractivity contribution < 1.29 is 18.0 Å². The SMILES string of the molecule is CCCCN1C(=O)CCC2CN(C(=O)CCNS(C)(=O)=O)CCC21. The highest BCUT2D eigenvalue weighted by molar-refractivity contribution is 7.88. The number of rotatable bonds is 7. The molecule has 0 aromatic rings. The summed E-state index contributed by atoms with van der Waals surface area (Å²) in [5, 5.41) is 0. The normalized spacial score (nSPS) is 24.8. The third-order valence-electron chi connectivity index (χ3n) is 4.95. The van der Waals surface area contributed by atoms with Crippen molar-refractivity contribution in [2.24, 2.45) is 5.92 Å². The van der Waals surface area contributed by atoms with E-state index in [1.807, 2.05) is 9.80 Å². The molecule has 0 aliphatic carbocycles. The molecular weight excluding hydrogens is 330 g/mol. The van der Waals surface area contributed by atoms with Crippen molar-refractivity contribution in [3.05, 3.63) is 0 Å². The Labute approximate surface area is 144 Å². The Kier molecular flexibility index (Phi) is 6.62. The lowest BCUT2D eigenvalue weighted by Crippen LogP contribution is -2.57. The van der Waals surface area contributed by atoms with E-state index in [0.717, 1.165) is 38.5 Å². The topological polar surface area (TPSA) is 86.8 Å².